The Morgan fingerprint density at radius 2 is 2.05 bits per heavy atom. The second-order valence-corrected chi connectivity index (χ2v) is 5.54. The monoisotopic (exact) mass is 272 g/mol. The minimum atomic E-state index is 0.328. The maximum Gasteiger partial charge on any atom is 0.0408 e. The lowest BCUT2D eigenvalue weighted by Crippen LogP contribution is -2.22. The van der Waals surface area contributed by atoms with Crippen LogP contribution < -0.4 is 5.32 Å². The van der Waals surface area contributed by atoms with Crippen LogP contribution in [-0.2, 0) is 6.42 Å². The minimum absolute atomic E-state index is 0.328. The summed E-state index contributed by atoms with van der Waals surface area (Å²) in [7, 11) is 0. The Kier molecular flexibility index (Phi) is 3.54. The molecular formula is C16H17ClN2. The van der Waals surface area contributed by atoms with Gasteiger partial charge in [0.25, 0.3) is 0 Å². The van der Waals surface area contributed by atoms with Crippen LogP contribution in [0.5, 0.6) is 0 Å². The Morgan fingerprint density at radius 3 is 2.84 bits per heavy atom. The molecule has 19 heavy (non-hydrogen) atoms. The molecule has 1 aromatic carbocycles. The summed E-state index contributed by atoms with van der Waals surface area (Å²) in [6.07, 6.45) is 5.94. The number of hydrogen-bond donors (Lipinski definition) is 1. The fourth-order valence-corrected chi connectivity index (χ4v) is 3.00. The second kappa shape index (κ2) is 5.32. The lowest BCUT2D eigenvalue weighted by Gasteiger charge is -2.20. The van der Waals surface area contributed by atoms with E-state index >= 15 is 0 Å². The lowest BCUT2D eigenvalue weighted by atomic mass is 10.1. The SMILES string of the molecule is CC(NC1CCc2cc(Cl)ccc21)c1ccncc1. The van der Waals surface area contributed by atoms with Gasteiger partial charge in [0.2, 0.25) is 0 Å². The fourth-order valence-electron chi connectivity index (χ4n) is 2.81. The molecule has 1 aliphatic carbocycles. The van der Waals surface area contributed by atoms with Crippen molar-refractivity contribution in [3.05, 3.63) is 64.4 Å². The number of fused-ring (bicyclic) bond motifs is 1. The molecule has 98 valence electrons. The molecule has 2 nitrogen and oxygen atoms in total. The highest BCUT2D eigenvalue weighted by Gasteiger charge is 2.23. The van der Waals surface area contributed by atoms with E-state index in [0.717, 1.165) is 17.9 Å². The zero-order chi connectivity index (χ0) is 13.2. The molecule has 0 amide bonds. The Hall–Kier alpha value is -1.38. The number of pyridine rings is 1. The number of nitrogens with zero attached hydrogens (tertiary/aromatic N) is 1. The first kappa shape index (κ1) is 12.6. The zero-order valence-electron chi connectivity index (χ0n) is 10.9. The van der Waals surface area contributed by atoms with Gasteiger partial charge < -0.3 is 5.32 Å². The van der Waals surface area contributed by atoms with Gasteiger partial charge in [-0.2, -0.15) is 0 Å². The highest BCUT2D eigenvalue weighted by Crippen LogP contribution is 2.34. The maximum absolute atomic E-state index is 6.05. The predicted octanol–water partition coefficient (Wildman–Crippen LogP) is 4.07. The molecule has 0 saturated heterocycles. The van der Waals surface area contributed by atoms with E-state index in [1.807, 2.05) is 18.5 Å². The fraction of sp³-hybridized carbons (Fsp3) is 0.312. The standard InChI is InChI=1S/C16H17ClN2/c1-11(12-6-8-18-9-7-12)19-16-5-2-13-10-14(17)3-4-15(13)16/h3-4,6-11,16,19H,2,5H2,1H3. The maximum atomic E-state index is 6.05. The summed E-state index contributed by atoms with van der Waals surface area (Å²) in [6.45, 7) is 2.20. The molecule has 1 N–H and O–H groups in total. The lowest BCUT2D eigenvalue weighted by molar-refractivity contribution is 0.465. The van der Waals surface area contributed by atoms with Gasteiger partial charge >= 0.3 is 0 Å². The molecule has 1 aliphatic rings. The third-order valence-corrected chi connectivity index (χ3v) is 4.08. The van der Waals surface area contributed by atoms with Crippen molar-refractivity contribution in [1.82, 2.24) is 10.3 Å². The molecule has 3 rings (SSSR count). The molecule has 0 saturated carbocycles. The third-order valence-electron chi connectivity index (χ3n) is 3.84. The van der Waals surface area contributed by atoms with Crippen molar-refractivity contribution in [2.24, 2.45) is 0 Å². The van der Waals surface area contributed by atoms with Gasteiger partial charge in [-0.3, -0.25) is 4.98 Å². The predicted molar refractivity (Wildman–Crippen MR) is 78.3 cm³/mol. The number of hydrogen-bond acceptors (Lipinski definition) is 2. The normalized spacial score (nSPS) is 19.2. The van der Waals surface area contributed by atoms with E-state index in [1.165, 1.54) is 16.7 Å². The third kappa shape index (κ3) is 2.65. The van der Waals surface area contributed by atoms with Gasteiger partial charge in [0.05, 0.1) is 0 Å². The summed E-state index contributed by atoms with van der Waals surface area (Å²) in [4.78, 5) is 4.06. The number of aryl methyl sites for hydroxylation is 1. The van der Waals surface area contributed by atoms with Crippen molar-refractivity contribution in [3.8, 4) is 0 Å². The summed E-state index contributed by atoms with van der Waals surface area (Å²) in [5.41, 5.74) is 4.05. The molecule has 0 spiro atoms. The number of benzene rings is 1. The molecule has 0 fully saturated rings. The highest BCUT2D eigenvalue weighted by molar-refractivity contribution is 6.30. The van der Waals surface area contributed by atoms with Crippen molar-refractivity contribution in [2.75, 3.05) is 0 Å². The molecule has 0 radical (unpaired) electrons. The van der Waals surface area contributed by atoms with E-state index in [2.05, 4.69) is 41.5 Å². The Bertz CT molecular complexity index is 568. The Balaban J connectivity index is 1.76. The molecular weight excluding hydrogens is 256 g/mol. The average molecular weight is 273 g/mol. The van der Waals surface area contributed by atoms with Crippen molar-refractivity contribution < 1.29 is 0 Å². The van der Waals surface area contributed by atoms with E-state index < -0.39 is 0 Å². The first-order valence-electron chi connectivity index (χ1n) is 6.68. The second-order valence-electron chi connectivity index (χ2n) is 5.10. The van der Waals surface area contributed by atoms with Crippen LogP contribution in [-0.4, -0.2) is 4.98 Å². The van der Waals surface area contributed by atoms with Crippen LogP contribution in [0.1, 0.15) is 42.1 Å². The van der Waals surface area contributed by atoms with E-state index in [-0.39, 0.29) is 0 Å². The Morgan fingerprint density at radius 1 is 1.26 bits per heavy atom. The van der Waals surface area contributed by atoms with Crippen molar-refractivity contribution in [1.29, 1.82) is 0 Å². The Labute approximate surface area is 118 Å². The van der Waals surface area contributed by atoms with Crippen LogP contribution in [0.3, 0.4) is 0 Å². The quantitative estimate of drug-likeness (QED) is 0.911. The molecule has 1 aromatic heterocycles. The smallest absolute Gasteiger partial charge is 0.0408 e. The topological polar surface area (TPSA) is 24.9 Å². The van der Waals surface area contributed by atoms with Crippen LogP contribution in [0, 0.1) is 0 Å². The average Bonchev–Trinajstić information content (AvgIpc) is 2.82. The van der Waals surface area contributed by atoms with Gasteiger partial charge in [-0.15, -0.1) is 0 Å². The van der Waals surface area contributed by atoms with Crippen LogP contribution in [0.4, 0.5) is 0 Å². The van der Waals surface area contributed by atoms with Gasteiger partial charge in [-0.25, -0.2) is 0 Å². The number of halogens is 1. The zero-order valence-corrected chi connectivity index (χ0v) is 11.7. The van der Waals surface area contributed by atoms with E-state index in [1.54, 1.807) is 0 Å². The molecule has 3 heteroatoms. The largest absolute Gasteiger partial charge is 0.303 e. The van der Waals surface area contributed by atoms with Crippen molar-refractivity contribution in [3.63, 3.8) is 0 Å². The van der Waals surface area contributed by atoms with Gasteiger partial charge in [0, 0.05) is 29.5 Å². The van der Waals surface area contributed by atoms with Crippen LogP contribution in [0.15, 0.2) is 42.7 Å². The van der Waals surface area contributed by atoms with Crippen molar-refractivity contribution >= 4 is 11.6 Å². The van der Waals surface area contributed by atoms with Gasteiger partial charge in [0.15, 0.2) is 0 Å². The van der Waals surface area contributed by atoms with Crippen molar-refractivity contribution in [2.45, 2.75) is 31.8 Å². The molecule has 0 aliphatic heterocycles. The summed E-state index contributed by atoms with van der Waals surface area (Å²) in [6, 6.07) is 11.1. The number of nitrogens with one attached hydrogen (secondary N) is 1. The van der Waals surface area contributed by atoms with Crippen LogP contribution in [0.25, 0.3) is 0 Å². The van der Waals surface area contributed by atoms with E-state index in [4.69, 9.17) is 11.6 Å². The summed E-state index contributed by atoms with van der Waals surface area (Å²) in [5, 5.41) is 4.53. The molecule has 2 atom stereocenters. The van der Waals surface area contributed by atoms with Gasteiger partial charge in [-0.1, -0.05) is 17.7 Å². The summed E-state index contributed by atoms with van der Waals surface area (Å²) in [5.74, 6) is 0. The summed E-state index contributed by atoms with van der Waals surface area (Å²) >= 11 is 6.05. The number of rotatable bonds is 3. The molecule has 1 heterocycles. The molecule has 2 unspecified atom stereocenters. The first-order valence-corrected chi connectivity index (χ1v) is 7.06. The molecule has 2 aromatic rings. The van der Waals surface area contributed by atoms with Crippen LogP contribution >= 0.6 is 11.6 Å². The highest BCUT2D eigenvalue weighted by atomic mass is 35.5. The first-order chi connectivity index (χ1) is 9.24. The van der Waals surface area contributed by atoms with Gasteiger partial charge in [-0.05, 0) is 60.7 Å². The molecule has 0 bridgehead atoms. The van der Waals surface area contributed by atoms with E-state index in [9.17, 15) is 0 Å². The van der Waals surface area contributed by atoms with Crippen LogP contribution in [0.2, 0.25) is 5.02 Å². The van der Waals surface area contributed by atoms with Gasteiger partial charge in [0.1, 0.15) is 0 Å². The summed E-state index contributed by atoms with van der Waals surface area (Å²) < 4.78 is 0. The minimum Gasteiger partial charge on any atom is -0.303 e. The number of aromatic nitrogens is 1. The van der Waals surface area contributed by atoms with E-state index in [0.29, 0.717) is 12.1 Å².